The average molecular weight is 292 g/mol. The fourth-order valence-corrected chi connectivity index (χ4v) is 3.51. The Labute approximate surface area is 133 Å². The van der Waals surface area contributed by atoms with Crippen molar-refractivity contribution in [3.05, 3.63) is 0 Å². The van der Waals surface area contributed by atoms with Gasteiger partial charge in [0, 0.05) is 18.9 Å². The van der Waals surface area contributed by atoms with Crippen molar-refractivity contribution in [3.8, 4) is 11.8 Å². The van der Waals surface area contributed by atoms with Crippen molar-refractivity contribution in [3.63, 3.8) is 0 Å². The maximum Gasteiger partial charge on any atom is 0.0174 e. The van der Waals surface area contributed by atoms with Gasteiger partial charge in [-0.05, 0) is 57.0 Å². The van der Waals surface area contributed by atoms with Gasteiger partial charge in [-0.2, -0.15) is 0 Å². The summed E-state index contributed by atoms with van der Waals surface area (Å²) < 4.78 is 0. The maximum atomic E-state index is 3.41. The molecule has 0 radical (unpaired) electrons. The number of rotatable bonds is 8. The highest BCUT2D eigenvalue weighted by atomic mass is 15.1. The largest absolute Gasteiger partial charge is 0.303 e. The smallest absolute Gasteiger partial charge is 0.0174 e. The minimum atomic E-state index is 0.594. The molecule has 0 amide bonds. The fourth-order valence-electron chi connectivity index (χ4n) is 3.51. The number of piperidine rings is 1. The van der Waals surface area contributed by atoms with Crippen molar-refractivity contribution in [1.29, 1.82) is 0 Å². The first-order valence-corrected chi connectivity index (χ1v) is 9.36. The van der Waals surface area contributed by atoms with Crippen LogP contribution in [0.5, 0.6) is 0 Å². The summed E-state index contributed by atoms with van der Waals surface area (Å²) in [5.41, 5.74) is 0. The average Bonchev–Trinajstić information content (AvgIpc) is 2.46. The summed E-state index contributed by atoms with van der Waals surface area (Å²) in [5, 5.41) is 0. The van der Waals surface area contributed by atoms with Crippen LogP contribution in [0.25, 0.3) is 0 Å². The van der Waals surface area contributed by atoms with Gasteiger partial charge < -0.3 is 4.90 Å². The second kappa shape index (κ2) is 11.1. The van der Waals surface area contributed by atoms with Gasteiger partial charge in [0.1, 0.15) is 0 Å². The van der Waals surface area contributed by atoms with Crippen LogP contribution in [-0.4, -0.2) is 24.5 Å². The van der Waals surface area contributed by atoms with Crippen molar-refractivity contribution in [2.24, 2.45) is 17.8 Å². The van der Waals surface area contributed by atoms with Crippen LogP contribution in [0.15, 0.2) is 0 Å². The molecule has 0 aromatic rings. The quantitative estimate of drug-likeness (QED) is 0.545. The molecule has 0 aliphatic carbocycles. The van der Waals surface area contributed by atoms with E-state index in [2.05, 4.69) is 44.4 Å². The van der Waals surface area contributed by atoms with E-state index in [1.54, 1.807) is 0 Å². The monoisotopic (exact) mass is 291 g/mol. The van der Waals surface area contributed by atoms with E-state index in [0.29, 0.717) is 5.92 Å². The standard InChI is InChI=1S/C20H37N/c1-5-9-18(3)11-7-8-12-20-13-15-21(16-14-20)17-19(4)10-6-2/h18-20H,5-6,8-10,12-17H2,1-4H3. The molecule has 1 heterocycles. The minimum absolute atomic E-state index is 0.594. The third-order valence-electron chi connectivity index (χ3n) is 4.81. The van der Waals surface area contributed by atoms with Gasteiger partial charge in [-0.3, -0.25) is 0 Å². The maximum absolute atomic E-state index is 3.41. The molecular weight excluding hydrogens is 254 g/mol. The van der Waals surface area contributed by atoms with Crippen LogP contribution in [0.3, 0.4) is 0 Å². The van der Waals surface area contributed by atoms with Crippen LogP contribution in [0, 0.1) is 29.6 Å². The van der Waals surface area contributed by atoms with Gasteiger partial charge in [-0.25, -0.2) is 0 Å². The van der Waals surface area contributed by atoms with Crippen molar-refractivity contribution in [2.75, 3.05) is 19.6 Å². The molecule has 1 saturated heterocycles. The second-order valence-electron chi connectivity index (χ2n) is 7.19. The van der Waals surface area contributed by atoms with Gasteiger partial charge in [0.2, 0.25) is 0 Å². The summed E-state index contributed by atoms with van der Waals surface area (Å²) in [5.74, 6) is 9.22. The Balaban J connectivity index is 2.13. The molecule has 0 bridgehead atoms. The van der Waals surface area contributed by atoms with Gasteiger partial charge in [0.25, 0.3) is 0 Å². The van der Waals surface area contributed by atoms with E-state index in [1.807, 2.05) is 0 Å². The van der Waals surface area contributed by atoms with Crippen LogP contribution >= 0.6 is 0 Å². The van der Waals surface area contributed by atoms with E-state index in [9.17, 15) is 0 Å². The Morgan fingerprint density at radius 3 is 2.33 bits per heavy atom. The molecule has 2 atom stereocenters. The molecule has 0 N–H and O–H groups in total. The van der Waals surface area contributed by atoms with Crippen molar-refractivity contribution >= 4 is 0 Å². The fraction of sp³-hybridized carbons (Fsp3) is 0.900. The first kappa shape index (κ1) is 18.6. The van der Waals surface area contributed by atoms with Crippen molar-refractivity contribution in [1.82, 2.24) is 4.90 Å². The van der Waals surface area contributed by atoms with Crippen LogP contribution in [-0.2, 0) is 0 Å². The molecule has 1 aliphatic heterocycles. The lowest BCUT2D eigenvalue weighted by atomic mass is 9.91. The molecule has 0 saturated carbocycles. The Hall–Kier alpha value is -0.480. The van der Waals surface area contributed by atoms with E-state index >= 15 is 0 Å². The van der Waals surface area contributed by atoms with Crippen LogP contribution in [0.4, 0.5) is 0 Å². The SMILES string of the molecule is CCCC(C)C#CCCC1CCN(CC(C)CCC)CC1. The summed E-state index contributed by atoms with van der Waals surface area (Å²) in [6.07, 6.45) is 10.4. The Morgan fingerprint density at radius 1 is 1.05 bits per heavy atom. The summed E-state index contributed by atoms with van der Waals surface area (Å²) in [6, 6.07) is 0. The molecule has 2 unspecified atom stereocenters. The number of hydrogen-bond acceptors (Lipinski definition) is 1. The normalized spacial score (nSPS) is 19.8. The van der Waals surface area contributed by atoms with E-state index in [1.165, 1.54) is 64.6 Å². The number of hydrogen-bond donors (Lipinski definition) is 0. The first-order chi connectivity index (χ1) is 10.2. The highest BCUT2D eigenvalue weighted by molar-refractivity contribution is 5.02. The second-order valence-corrected chi connectivity index (χ2v) is 7.19. The molecule has 1 fully saturated rings. The molecule has 1 aliphatic rings. The third-order valence-corrected chi connectivity index (χ3v) is 4.81. The molecule has 21 heavy (non-hydrogen) atoms. The molecule has 122 valence electrons. The highest BCUT2D eigenvalue weighted by Crippen LogP contribution is 2.22. The van der Waals surface area contributed by atoms with Crippen LogP contribution in [0.1, 0.15) is 79.1 Å². The van der Waals surface area contributed by atoms with Crippen molar-refractivity contribution < 1.29 is 0 Å². The number of likely N-dealkylation sites (tertiary alicyclic amines) is 1. The Bertz CT molecular complexity index is 304. The van der Waals surface area contributed by atoms with Gasteiger partial charge in [0.05, 0.1) is 0 Å². The van der Waals surface area contributed by atoms with E-state index in [-0.39, 0.29) is 0 Å². The van der Waals surface area contributed by atoms with Crippen LogP contribution < -0.4 is 0 Å². The molecular formula is C20H37N. The predicted octanol–water partition coefficient (Wildman–Crippen LogP) is 5.35. The Morgan fingerprint density at radius 2 is 1.71 bits per heavy atom. The van der Waals surface area contributed by atoms with E-state index in [0.717, 1.165) is 18.3 Å². The summed E-state index contributed by atoms with van der Waals surface area (Å²) >= 11 is 0. The van der Waals surface area contributed by atoms with E-state index in [4.69, 9.17) is 0 Å². The van der Waals surface area contributed by atoms with Gasteiger partial charge in [0.15, 0.2) is 0 Å². The zero-order valence-corrected chi connectivity index (χ0v) is 15.0. The molecule has 1 heteroatoms. The van der Waals surface area contributed by atoms with Crippen LogP contribution in [0.2, 0.25) is 0 Å². The van der Waals surface area contributed by atoms with Gasteiger partial charge in [-0.1, -0.05) is 40.5 Å². The molecule has 1 rings (SSSR count). The molecule has 0 aromatic heterocycles. The van der Waals surface area contributed by atoms with E-state index < -0.39 is 0 Å². The first-order valence-electron chi connectivity index (χ1n) is 9.36. The van der Waals surface area contributed by atoms with Crippen molar-refractivity contribution in [2.45, 2.75) is 79.1 Å². The summed E-state index contributed by atoms with van der Waals surface area (Å²) in [4.78, 5) is 2.69. The highest BCUT2D eigenvalue weighted by Gasteiger charge is 2.19. The number of nitrogens with zero attached hydrogens (tertiary/aromatic N) is 1. The zero-order chi connectivity index (χ0) is 15.5. The molecule has 0 spiro atoms. The summed E-state index contributed by atoms with van der Waals surface area (Å²) in [6.45, 7) is 13.2. The lowest BCUT2D eigenvalue weighted by Gasteiger charge is -2.33. The topological polar surface area (TPSA) is 3.24 Å². The van der Waals surface area contributed by atoms with Gasteiger partial charge in [-0.15, -0.1) is 11.8 Å². The molecule has 0 aromatic carbocycles. The third kappa shape index (κ3) is 8.52. The minimum Gasteiger partial charge on any atom is -0.303 e. The predicted molar refractivity (Wildman–Crippen MR) is 94.3 cm³/mol. The molecule has 1 nitrogen and oxygen atoms in total. The zero-order valence-electron chi connectivity index (χ0n) is 15.0. The summed E-state index contributed by atoms with van der Waals surface area (Å²) in [7, 11) is 0. The Kier molecular flexibility index (Phi) is 9.85. The lowest BCUT2D eigenvalue weighted by Crippen LogP contribution is -2.36. The van der Waals surface area contributed by atoms with Gasteiger partial charge >= 0.3 is 0 Å². The lowest BCUT2D eigenvalue weighted by molar-refractivity contribution is 0.158.